The zero-order chi connectivity index (χ0) is 17.6. The second kappa shape index (κ2) is 8.05. The van der Waals surface area contributed by atoms with Gasteiger partial charge in [-0.2, -0.15) is 0 Å². The molecule has 0 aliphatic heterocycles. The fourth-order valence-corrected chi connectivity index (χ4v) is 2.59. The molecule has 1 aromatic heterocycles. The van der Waals surface area contributed by atoms with Crippen LogP contribution in [0.3, 0.4) is 0 Å². The molecule has 0 aliphatic rings. The van der Waals surface area contributed by atoms with E-state index >= 15 is 0 Å². The Hall–Kier alpha value is -2.22. The van der Waals surface area contributed by atoms with Crippen LogP contribution >= 0.6 is 0 Å². The van der Waals surface area contributed by atoms with E-state index in [9.17, 15) is 13.2 Å². The Bertz CT molecular complexity index is 799. The summed E-state index contributed by atoms with van der Waals surface area (Å²) in [6, 6.07) is 7.45. The van der Waals surface area contributed by atoms with E-state index in [0.717, 1.165) is 31.1 Å². The molecular formula is C16H21N3O4S. The highest BCUT2D eigenvalue weighted by molar-refractivity contribution is 7.90. The molecule has 7 nitrogen and oxygen atoms in total. The molecule has 0 saturated carbocycles. The van der Waals surface area contributed by atoms with E-state index in [1.54, 1.807) is 6.07 Å². The lowest BCUT2D eigenvalue weighted by Gasteiger charge is -2.05. The van der Waals surface area contributed by atoms with Crippen molar-refractivity contribution in [2.45, 2.75) is 37.8 Å². The molecule has 0 unspecified atom stereocenters. The number of nitrogens with zero attached hydrogens (tertiary/aromatic N) is 2. The predicted molar refractivity (Wildman–Crippen MR) is 88.5 cm³/mol. The molecular weight excluding hydrogens is 330 g/mol. The molecule has 0 fully saturated rings. The van der Waals surface area contributed by atoms with Crippen LogP contribution in [0.25, 0.3) is 0 Å². The zero-order valence-electron chi connectivity index (χ0n) is 13.8. The molecule has 2 rings (SSSR count). The number of aryl methyl sites for hydroxylation is 2. The molecule has 130 valence electrons. The molecule has 24 heavy (non-hydrogen) atoms. The number of unbranched alkanes of at least 4 members (excludes halogenated alkanes) is 2. The molecule has 1 aromatic carbocycles. The molecule has 0 saturated heterocycles. The van der Waals surface area contributed by atoms with Gasteiger partial charge >= 0.3 is 5.22 Å². The Balaban J connectivity index is 1.65. The van der Waals surface area contributed by atoms with Gasteiger partial charge in [0.15, 0.2) is 0 Å². The van der Waals surface area contributed by atoms with Crippen LogP contribution in [0.1, 0.15) is 41.1 Å². The molecule has 1 heterocycles. The lowest BCUT2D eigenvalue weighted by Crippen LogP contribution is -2.24. The molecule has 0 aliphatic carbocycles. The second-order valence-electron chi connectivity index (χ2n) is 5.67. The highest BCUT2D eigenvalue weighted by Crippen LogP contribution is 2.10. The molecule has 1 amide bonds. The van der Waals surface area contributed by atoms with E-state index in [-0.39, 0.29) is 11.1 Å². The van der Waals surface area contributed by atoms with Gasteiger partial charge in [0.05, 0.1) is 0 Å². The maximum absolute atomic E-state index is 11.9. The highest BCUT2D eigenvalue weighted by atomic mass is 32.2. The van der Waals surface area contributed by atoms with Gasteiger partial charge in [-0.3, -0.25) is 4.79 Å². The molecule has 1 N–H and O–H groups in total. The Labute approximate surface area is 141 Å². The van der Waals surface area contributed by atoms with Crippen molar-refractivity contribution in [1.82, 2.24) is 15.5 Å². The number of benzene rings is 1. The van der Waals surface area contributed by atoms with Crippen LogP contribution in [0.5, 0.6) is 0 Å². The Morgan fingerprint density at radius 1 is 1.21 bits per heavy atom. The molecule has 0 bridgehead atoms. The lowest BCUT2D eigenvalue weighted by molar-refractivity contribution is 0.0953. The first-order valence-corrected chi connectivity index (χ1v) is 9.63. The summed E-state index contributed by atoms with van der Waals surface area (Å²) in [4.78, 5) is 11.9. The number of sulfone groups is 1. The van der Waals surface area contributed by atoms with Gasteiger partial charge < -0.3 is 9.73 Å². The minimum Gasteiger partial charge on any atom is -0.413 e. The number of carbonyl (C=O) groups excluding carboxylic acids is 1. The van der Waals surface area contributed by atoms with Crippen LogP contribution in [0.4, 0.5) is 0 Å². The van der Waals surface area contributed by atoms with Crippen LogP contribution in [0.15, 0.2) is 33.9 Å². The summed E-state index contributed by atoms with van der Waals surface area (Å²) in [7, 11) is -3.45. The van der Waals surface area contributed by atoms with E-state index in [0.29, 0.717) is 24.4 Å². The third-order valence-electron chi connectivity index (χ3n) is 3.40. The van der Waals surface area contributed by atoms with E-state index in [1.807, 2.05) is 25.1 Å². The average molecular weight is 351 g/mol. The van der Waals surface area contributed by atoms with E-state index in [4.69, 9.17) is 4.42 Å². The van der Waals surface area contributed by atoms with Crippen molar-refractivity contribution in [2.75, 3.05) is 12.8 Å². The number of hydrogen-bond acceptors (Lipinski definition) is 6. The third-order valence-corrected chi connectivity index (χ3v) is 4.20. The van der Waals surface area contributed by atoms with E-state index in [1.165, 1.54) is 0 Å². The van der Waals surface area contributed by atoms with E-state index in [2.05, 4.69) is 15.5 Å². The maximum Gasteiger partial charge on any atom is 0.335 e. The summed E-state index contributed by atoms with van der Waals surface area (Å²) in [6.45, 7) is 2.54. The Kier molecular flexibility index (Phi) is 6.08. The van der Waals surface area contributed by atoms with Gasteiger partial charge in [0.2, 0.25) is 15.7 Å². The van der Waals surface area contributed by atoms with Crippen LogP contribution < -0.4 is 5.32 Å². The van der Waals surface area contributed by atoms with E-state index < -0.39 is 9.84 Å². The average Bonchev–Trinajstić information content (AvgIpc) is 2.99. The van der Waals surface area contributed by atoms with Crippen molar-refractivity contribution in [3.05, 3.63) is 41.3 Å². The largest absolute Gasteiger partial charge is 0.413 e. The molecule has 8 heteroatoms. The quantitative estimate of drug-likeness (QED) is 0.729. The summed E-state index contributed by atoms with van der Waals surface area (Å²) in [6.07, 6.45) is 4.02. The number of hydrogen-bond donors (Lipinski definition) is 1. The first-order chi connectivity index (χ1) is 11.4. The van der Waals surface area contributed by atoms with Crippen molar-refractivity contribution >= 4 is 15.7 Å². The van der Waals surface area contributed by atoms with Crippen LogP contribution in [-0.4, -0.2) is 37.3 Å². The third kappa shape index (κ3) is 5.45. The van der Waals surface area contributed by atoms with Crippen LogP contribution in [-0.2, 0) is 16.3 Å². The summed E-state index contributed by atoms with van der Waals surface area (Å²) < 4.78 is 27.5. The van der Waals surface area contributed by atoms with Gasteiger partial charge in [0, 0.05) is 24.8 Å². The molecule has 0 spiro atoms. The van der Waals surface area contributed by atoms with Gasteiger partial charge in [-0.1, -0.05) is 29.2 Å². The van der Waals surface area contributed by atoms with Gasteiger partial charge in [-0.05, 0) is 31.9 Å². The highest BCUT2D eigenvalue weighted by Gasteiger charge is 2.16. The number of carbonyl (C=O) groups is 1. The predicted octanol–water partition coefficient (Wildman–Crippen LogP) is 1.92. The summed E-state index contributed by atoms with van der Waals surface area (Å²) in [5, 5.41) is 9.75. The fourth-order valence-electron chi connectivity index (χ4n) is 2.16. The van der Waals surface area contributed by atoms with Gasteiger partial charge in [-0.25, -0.2) is 8.42 Å². The van der Waals surface area contributed by atoms with Gasteiger partial charge in [-0.15, -0.1) is 5.10 Å². The van der Waals surface area contributed by atoms with Crippen molar-refractivity contribution in [2.24, 2.45) is 0 Å². The number of amides is 1. The normalized spacial score (nSPS) is 11.4. The number of rotatable bonds is 8. The first kappa shape index (κ1) is 18.1. The number of aromatic nitrogens is 2. The zero-order valence-corrected chi connectivity index (χ0v) is 14.6. The summed E-state index contributed by atoms with van der Waals surface area (Å²) in [5.41, 5.74) is 1.71. The van der Waals surface area contributed by atoms with Gasteiger partial charge in [0.1, 0.15) is 0 Å². The molecule has 2 aromatic rings. The second-order valence-corrected chi connectivity index (χ2v) is 7.56. The lowest BCUT2D eigenvalue weighted by atomic mass is 10.1. The monoisotopic (exact) mass is 351 g/mol. The van der Waals surface area contributed by atoms with Crippen LogP contribution in [0.2, 0.25) is 0 Å². The fraction of sp³-hybridized carbons (Fsp3) is 0.438. The Morgan fingerprint density at radius 2 is 2.00 bits per heavy atom. The molecule has 0 radical (unpaired) electrons. The maximum atomic E-state index is 11.9. The summed E-state index contributed by atoms with van der Waals surface area (Å²) >= 11 is 0. The van der Waals surface area contributed by atoms with Crippen molar-refractivity contribution in [1.29, 1.82) is 0 Å². The molecule has 0 atom stereocenters. The SMILES string of the molecule is Cc1cccc(C(=O)NCCCCCc2nnc(S(C)(=O)=O)o2)c1. The van der Waals surface area contributed by atoms with Crippen molar-refractivity contribution in [3.63, 3.8) is 0 Å². The smallest absolute Gasteiger partial charge is 0.335 e. The first-order valence-electron chi connectivity index (χ1n) is 7.73. The minimum atomic E-state index is -3.45. The minimum absolute atomic E-state index is 0.0756. The topological polar surface area (TPSA) is 102 Å². The van der Waals surface area contributed by atoms with Crippen LogP contribution in [0, 0.1) is 6.92 Å². The van der Waals surface area contributed by atoms with Gasteiger partial charge in [0.25, 0.3) is 5.91 Å². The number of nitrogens with one attached hydrogen (secondary N) is 1. The van der Waals surface area contributed by atoms with Crippen molar-refractivity contribution < 1.29 is 17.6 Å². The summed E-state index contributed by atoms with van der Waals surface area (Å²) in [5.74, 6) is 0.243. The van der Waals surface area contributed by atoms with Crippen molar-refractivity contribution in [3.8, 4) is 0 Å². The standard InChI is InChI=1S/C16H21N3O4S/c1-12-7-6-8-13(11-12)15(20)17-10-5-3-4-9-14-18-19-16(23-14)24(2,21)22/h6-8,11H,3-5,9-10H2,1-2H3,(H,17,20). The Morgan fingerprint density at radius 3 is 2.67 bits per heavy atom.